The Morgan fingerprint density at radius 1 is 1.31 bits per heavy atom. The van der Waals surface area contributed by atoms with Crippen LogP contribution in [0, 0.1) is 0 Å². The average Bonchev–Trinajstić information content (AvgIpc) is 2.29. The molecular weight excluding hydrogens is 224 g/mol. The number of nitrogens with zero attached hydrogens (tertiary/aromatic N) is 2. The van der Waals surface area contributed by atoms with E-state index in [4.69, 9.17) is 5.11 Å². The summed E-state index contributed by atoms with van der Waals surface area (Å²) in [5, 5.41) is 9.32. The van der Waals surface area contributed by atoms with E-state index in [-0.39, 0.29) is 5.56 Å². The van der Waals surface area contributed by atoms with Gasteiger partial charge in [0.05, 0.1) is 5.56 Å². The Bertz CT molecular complexity index is 327. The van der Waals surface area contributed by atoms with E-state index in [1.807, 2.05) is 0 Å². The molecule has 0 atom stereocenters. The third kappa shape index (κ3) is 4.61. The number of aromatic carboxylic acids is 1. The van der Waals surface area contributed by atoms with Gasteiger partial charge in [0.1, 0.15) is 0 Å². The number of hydrogen-bond acceptors (Lipinski definition) is 4. The monoisotopic (exact) mass is 240 g/mol. The highest BCUT2D eigenvalue weighted by Crippen LogP contribution is 2.15. The lowest BCUT2D eigenvalue weighted by Gasteiger charge is -2.00. The minimum absolute atomic E-state index is 0.135. The topological polar surface area (TPSA) is 63.1 Å². The first-order chi connectivity index (χ1) is 7.74. The van der Waals surface area contributed by atoms with Gasteiger partial charge in [-0.05, 0) is 6.42 Å². The lowest BCUT2D eigenvalue weighted by molar-refractivity contribution is 0.0695. The van der Waals surface area contributed by atoms with Gasteiger partial charge in [-0.3, -0.25) is 0 Å². The molecule has 0 saturated heterocycles. The van der Waals surface area contributed by atoms with Crippen molar-refractivity contribution in [1.82, 2.24) is 9.97 Å². The maximum absolute atomic E-state index is 10.6. The molecule has 4 nitrogen and oxygen atoms in total. The number of rotatable bonds is 7. The van der Waals surface area contributed by atoms with Gasteiger partial charge in [-0.2, -0.15) is 0 Å². The first kappa shape index (κ1) is 13.0. The molecule has 88 valence electrons. The van der Waals surface area contributed by atoms with Crippen LogP contribution in [-0.4, -0.2) is 26.8 Å². The summed E-state index contributed by atoms with van der Waals surface area (Å²) >= 11 is 1.58. The number of hydrogen-bond donors (Lipinski definition) is 1. The van der Waals surface area contributed by atoms with E-state index in [2.05, 4.69) is 16.9 Å². The first-order valence-corrected chi connectivity index (χ1v) is 6.40. The molecule has 0 spiro atoms. The normalized spacial score (nSPS) is 10.3. The molecule has 0 aliphatic carbocycles. The van der Waals surface area contributed by atoms with Crippen molar-refractivity contribution in [3.8, 4) is 0 Å². The number of carboxylic acid groups (broad SMARTS) is 1. The molecule has 1 aromatic rings. The summed E-state index contributed by atoms with van der Waals surface area (Å²) in [6.45, 7) is 2.18. The second kappa shape index (κ2) is 7.22. The van der Waals surface area contributed by atoms with Crippen molar-refractivity contribution in [2.45, 2.75) is 37.8 Å². The van der Waals surface area contributed by atoms with Gasteiger partial charge in [0.2, 0.25) is 0 Å². The molecule has 0 aromatic carbocycles. The Hall–Kier alpha value is -1.10. The van der Waals surface area contributed by atoms with Gasteiger partial charge in [0.25, 0.3) is 0 Å². The fraction of sp³-hybridized carbons (Fsp3) is 0.545. The van der Waals surface area contributed by atoms with Crippen molar-refractivity contribution in [3.63, 3.8) is 0 Å². The van der Waals surface area contributed by atoms with Crippen LogP contribution in [0.3, 0.4) is 0 Å². The fourth-order valence-electron chi connectivity index (χ4n) is 1.19. The molecule has 0 unspecified atom stereocenters. The van der Waals surface area contributed by atoms with E-state index in [0.29, 0.717) is 5.16 Å². The van der Waals surface area contributed by atoms with Crippen LogP contribution in [0.5, 0.6) is 0 Å². The van der Waals surface area contributed by atoms with Crippen LogP contribution in [-0.2, 0) is 0 Å². The zero-order chi connectivity index (χ0) is 11.8. The van der Waals surface area contributed by atoms with Gasteiger partial charge in [0.15, 0.2) is 5.16 Å². The largest absolute Gasteiger partial charge is 0.478 e. The summed E-state index contributed by atoms with van der Waals surface area (Å²) in [5.74, 6) is 0.00590. The molecule has 0 amide bonds. The summed E-state index contributed by atoms with van der Waals surface area (Å²) in [6, 6.07) is 0. The van der Waals surface area contributed by atoms with E-state index in [1.54, 1.807) is 11.8 Å². The quantitative estimate of drug-likeness (QED) is 0.451. The highest BCUT2D eigenvalue weighted by molar-refractivity contribution is 7.99. The van der Waals surface area contributed by atoms with Crippen molar-refractivity contribution in [3.05, 3.63) is 18.0 Å². The van der Waals surface area contributed by atoms with E-state index in [9.17, 15) is 4.79 Å². The zero-order valence-electron chi connectivity index (χ0n) is 9.35. The maximum atomic E-state index is 10.6. The van der Waals surface area contributed by atoms with E-state index < -0.39 is 5.97 Å². The maximum Gasteiger partial charge on any atom is 0.338 e. The van der Waals surface area contributed by atoms with Crippen molar-refractivity contribution in [2.75, 3.05) is 5.75 Å². The Morgan fingerprint density at radius 3 is 2.56 bits per heavy atom. The summed E-state index contributed by atoms with van der Waals surface area (Å²) in [4.78, 5) is 18.5. The number of unbranched alkanes of at least 4 members (excludes halogenated alkanes) is 3. The second-order valence-corrected chi connectivity index (χ2v) is 4.53. The van der Waals surface area contributed by atoms with Crippen molar-refractivity contribution < 1.29 is 9.90 Å². The number of aromatic nitrogens is 2. The predicted molar refractivity (Wildman–Crippen MR) is 63.9 cm³/mol. The van der Waals surface area contributed by atoms with Gasteiger partial charge in [-0.1, -0.05) is 37.9 Å². The Labute approximate surface area is 99.5 Å². The Balaban J connectivity index is 2.29. The minimum Gasteiger partial charge on any atom is -0.478 e. The molecule has 0 fully saturated rings. The Kier molecular flexibility index (Phi) is 5.85. The van der Waals surface area contributed by atoms with Crippen molar-refractivity contribution >= 4 is 17.7 Å². The highest BCUT2D eigenvalue weighted by Gasteiger charge is 2.04. The molecule has 0 saturated carbocycles. The molecule has 1 N–H and O–H groups in total. The summed E-state index contributed by atoms with van der Waals surface area (Å²) in [6.07, 6.45) is 7.58. The number of carboxylic acids is 1. The van der Waals surface area contributed by atoms with E-state index in [0.717, 1.165) is 12.2 Å². The molecule has 1 heterocycles. The molecule has 16 heavy (non-hydrogen) atoms. The van der Waals surface area contributed by atoms with Crippen LogP contribution in [0.15, 0.2) is 17.6 Å². The number of thioether (sulfide) groups is 1. The number of carbonyl (C=O) groups is 1. The lowest BCUT2D eigenvalue weighted by atomic mass is 10.2. The third-order valence-electron chi connectivity index (χ3n) is 2.10. The molecular formula is C11H16N2O2S. The zero-order valence-corrected chi connectivity index (χ0v) is 10.2. The highest BCUT2D eigenvalue weighted by atomic mass is 32.2. The Morgan fingerprint density at radius 2 is 2.00 bits per heavy atom. The van der Waals surface area contributed by atoms with Gasteiger partial charge >= 0.3 is 5.97 Å². The SMILES string of the molecule is CCCCCCSc1ncc(C(=O)O)cn1. The molecule has 0 radical (unpaired) electrons. The first-order valence-electron chi connectivity index (χ1n) is 5.42. The fourth-order valence-corrected chi connectivity index (χ4v) is 1.98. The van der Waals surface area contributed by atoms with Crippen LogP contribution < -0.4 is 0 Å². The molecule has 0 aliphatic rings. The standard InChI is InChI=1S/C11H16N2O2S/c1-2-3-4-5-6-16-11-12-7-9(8-13-11)10(14)15/h7-8H,2-6H2,1H3,(H,14,15). The van der Waals surface area contributed by atoms with Crippen LogP contribution in [0.25, 0.3) is 0 Å². The molecule has 0 aliphatic heterocycles. The van der Waals surface area contributed by atoms with Gasteiger partial charge in [0, 0.05) is 18.1 Å². The van der Waals surface area contributed by atoms with Crippen LogP contribution >= 0.6 is 11.8 Å². The van der Waals surface area contributed by atoms with Crippen LogP contribution in [0.4, 0.5) is 0 Å². The average molecular weight is 240 g/mol. The minimum atomic E-state index is -0.987. The van der Waals surface area contributed by atoms with Gasteiger partial charge < -0.3 is 5.11 Å². The molecule has 1 aromatic heterocycles. The van der Waals surface area contributed by atoms with E-state index in [1.165, 1.54) is 31.7 Å². The predicted octanol–water partition coefficient (Wildman–Crippen LogP) is 2.85. The smallest absolute Gasteiger partial charge is 0.338 e. The summed E-state index contributed by atoms with van der Waals surface area (Å²) in [7, 11) is 0. The van der Waals surface area contributed by atoms with E-state index >= 15 is 0 Å². The van der Waals surface area contributed by atoms with Crippen molar-refractivity contribution in [1.29, 1.82) is 0 Å². The van der Waals surface area contributed by atoms with Gasteiger partial charge in [-0.25, -0.2) is 14.8 Å². The van der Waals surface area contributed by atoms with Gasteiger partial charge in [-0.15, -0.1) is 0 Å². The van der Waals surface area contributed by atoms with Crippen LogP contribution in [0.2, 0.25) is 0 Å². The summed E-state index contributed by atoms with van der Waals surface area (Å²) in [5.41, 5.74) is 0.135. The van der Waals surface area contributed by atoms with Crippen LogP contribution in [0.1, 0.15) is 43.0 Å². The second-order valence-electron chi connectivity index (χ2n) is 3.47. The molecule has 0 bridgehead atoms. The van der Waals surface area contributed by atoms with Crippen molar-refractivity contribution in [2.24, 2.45) is 0 Å². The summed E-state index contributed by atoms with van der Waals surface area (Å²) < 4.78 is 0. The molecule has 1 rings (SSSR count). The molecule has 5 heteroatoms. The third-order valence-corrected chi connectivity index (χ3v) is 3.07. The lowest BCUT2D eigenvalue weighted by Crippen LogP contribution is -1.99.